The Morgan fingerprint density at radius 1 is 1.10 bits per heavy atom. The lowest BCUT2D eigenvalue weighted by Crippen LogP contribution is -2.32. The minimum Gasteiger partial charge on any atom is -0.347 e. The Morgan fingerprint density at radius 2 is 1.80 bits per heavy atom. The molecule has 1 aromatic rings. The van der Waals surface area contributed by atoms with Crippen molar-refractivity contribution in [2.45, 2.75) is 26.2 Å². The molecule has 0 aliphatic heterocycles. The molecule has 20 heavy (non-hydrogen) atoms. The zero-order valence-corrected chi connectivity index (χ0v) is 10.9. The number of halogens is 3. The molecule has 0 aromatic heterocycles. The van der Waals surface area contributed by atoms with E-state index in [1.807, 2.05) is 6.92 Å². The molecular formula is C13H15F3N2O2. The van der Waals surface area contributed by atoms with E-state index in [9.17, 15) is 22.8 Å². The van der Waals surface area contributed by atoms with Crippen molar-refractivity contribution in [3.05, 3.63) is 29.6 Å². The first-order valence-electron chi connectivity index (χ1n) is 6.15. The standard InChI is InChI=1S/C13H15F3N2O2/c1-2-3-4-10(19)17-7-11(20)18-9-6-5-8(14)12(15)13(9)16/h5-6H,2-4,7H2,1H3,(H,17,19)(H,18,20). The molecule has 2 N–H and O–H groups in total. The maximum Gasteiger partial charge on any atom is 0.243 e. The maximum atomic E-state index is 13.3. The summed E-state index contributed by atoms with van der Waals surface area (Å²) >= 11 is 0. The molecule has 7 heteroatoms. The third-order valence-electron chi connectivity index (χ3n) is 2.51. The van der Waals surface area contributed by atoms with Gasteiger partial charge in [-0.1, -0.05) is 13.3 Å². The Morgan fingerprint density at radius 3 is 2.45 bits per heavy atom. The highest BCUT2D eigenvalue weighted by molar-refractivity contribution is 5.94. The highest BCUT2D eigenvalue weighted by Crippen LogP contribution is 2.19. The highest BCUT2D eigenvalue weighted by atomic mass is 19.2. The molecule has 0 aliphatic carbocycles. The zero-order valence-electron chi connectivity index (χ0n) is 10.9. The number of nitrogens with one attached hydrogen (secondary N) is 2. The van der Waals surface area contributed by atoms with Gasteiger partial charge in [0.1, 0.15) is 0 Å². The number of carbonyl (C=O) groups is 2. The van der Waals surface area contributed by atoms with Gasteiger partial charge in [0.2, 0.25) is 11.8 Å². The van der Waals surface area contributed by atoms with E-state index in [1.54, 1.807) is 0 Å². The largest absolute Gasteiger partial charge is 0.347 e. The molecule has 2 amide bonds. The highest BCUT2D eigenvalue weighted by Gasteiger charge is 2.15. The fourth-order valence-corrected chi connectivity index (χ4v) is 1.42. The summed E-state index contributed by atoms with van der Waals surface area (Å²) in [5.74, 6) is -5.49. The van der Waals surface area contributed by atoms with Gasteiger partial charge in [0.25, 0.3) is 0 Å². The van der Waals surface area contributed by atoms with Crippen LogP contribution in [-0.2, 0) is 9.59 Å². The van der Waals surface area contributed by atoms with E-state index in [0.29, 0.717) is 18.9 Å². The molecule has 0 saturated carbocycles. The number of hydrogen-bond acceptors (Lipinski definition) is 2. The number of carbonyl (C=O) groups excluding carboxylic acids is 2. The first kappa shape index (κ1) is 16.0. The summed E-state index contributed by atoms with van der Waals surface area (Å²) in [4.78, 5) is 22.7. The summed E-state index contributed by atoms with van der Waals surface area (Å²) in [6, 6.07) is 1.61. The molecule has 0 fully saturated rings. The van der Waals surface area contributed by atoms with Crippen molar-refractivity contribution in [1.82, 2.24) is 5.32 Å². The van der Waals surface area contributed by atoms with Crippen molar-refractivity contribution in [3.63, 3.8) is 0 Å². The first-order valence-corrected chi connectivity index (χ1v) is 6.15. The van der Waals surface area contributed by atoms with Gasteiger partial charge in [0.15, 0.2) is 17.5 Å². The van der Waals surface area contributed by atoms with Crippen molar-refractivity contribution in [3.8, 4) is 0 Å². The molecule has 110 valence electrons. The summed E-state index contributed by atoms with van der Waals surface area (Å²) in [6.07, 6.45) is 1.84. The van der Waals surface area contributed by atoms with Crippen molar-refractivity contribution >= 4 is 17.5 Å². The molecular weight excluding hydrogens is 273 g/mol. The number of unbranched alkanes of at least 4 members (excludes halogenated alkanes) is 1. The second kappa shape index (κ2) is 7.52. The molecule has 0 unspecified atom stereocenters. The van der Waals surface area contributed by atoms with Crippen LogP contribution in [0.5, 0.6) is 0 Å². The van der Waals surface area contributed by atoms with Gasteiger partial charge in [-0.05, 0) is 18.6 Å². The SMILES string of the molecule is CCCCC(=O)NCC(=O)Nc1ccc(F)c(F)c1F. The lowest BCUT2D eigenvalue weighted by atomic mass is 10.2. The van der Waals surface area contributed by atoms with Gasteiger partial charge < -0.3 is 10.6 Å². The number of benzene rings is 1. The normalized spacial score (nSPS) is 10.2. The summed E-state index contributed by atoms with van der Waals surface area (Å²) in [7, 11) is 0. The van der Waals surface area contributed by atoms with Gasteiger partial charge in [-0.2, -0.15) is 0 Å². The minimum atomic E-state index is -1.66. The Kier molecular flexibility index (Phi) is 6.02. The van der Waals surface area contributed by atoms with Crippen LogP contribution >= 0.6 is 0 Å². The second-order valence-corrected chi connectivity index (χ2v) is 4.15. The first-order chi connectivity index (χ1) is 9.45. The Bertz CT molecular complexity index is 507. The smallest absolute Gasteiger partial charge is 0.243 e. The van der Waals surface area contributed by atoms with Crippen LogP contribution in [0.25, 0.3) is 0 Å². The predicted molar refractivity (Wildman–Crippen MR) is 67.5 cm³/mol. The number of hydrogen-bond donors (Lipinski definition) is 2. The van der Waals surface area contributed by atoms with Crippen LogP contribution in [0.2, 0.25) is 0 Å². The molecule has 1 aromatic carbocycles. The number of anilines is 1. The van der Waals surface area contributed by atoms with Crippen molar-refractivity contribution in [2.75, 3.05) is 11.9 Å². The van der Waals surface area contributed by atoms with Crippen molar-refractivity contribution in [1.29, 1.82) is 0 Å². The molecule has 0 saturated heterocycles. The number of amides is 2. The third kappa shape index (κ3) is 4.56. The fraction of sp³-hybridized carbons (Fsp3) is 0.385. The van der Waals surface area contributed by atoms with Gasteiger partial charge in [-0.3, -0.25) is 9.59 Å². The topological polar surface area (TPSA) is 58.2 Å². The van der Waals surface area contributed by atoms with Gasteiger partial charge in [-0.15, -0.1) is 0 Å². The lowest BCUT2D eigenvalue weighted by Gasteiger charge is -2.08. The Balaban J connectivity index is 2.51. The number of rotatable bonds is 6. The monoisotopic (exact) mass is 288 g/mol. The Labute approximate surface area is 114 Å². The molecule has 0 heterocycles. The predicted octanol–water partition coefficient (Wildman–Crippen LogP) is 2.35. The molecule has 1 rings (SSSR count). The lowest BCUT2D eigenvalue weighted by molar-refractivity contribution is -0.124. The summed E-state index contributed by atoms with van der Waals surface area (Å²) in [5.41, 5.74) is -0.475. The third-order valence-corrected chi connectivity index (χ3v) is 2.51. The van der Waals surface area contributed by atoms with E-state index >= 15 is 0 Å². The van der Waals surface area contributed by atoms with E-state index in [2.05, 4.69) is 10.6 Å². The molecule has 0 aliphatic rings. The van der Waals surface area contributed by atoms with Crippen LogP contribution in [0.15, 0.2) is 12.1 Å². The summed E-state index contributed by atoms with van der Waals surface area (Å²) in [6.45, 7) is 1.56. The second-order valence-electron chi connectivity index (χ2n) is 4.15. The van der Waals surface area contributed by atoms with Crippen LogP contribution in [-0.4, -0.2) is 18.4 Å². The van der Waals surface area contributed by atoms with E-state index in [-0.39, 0.29) is 12.5 Å². The quantitative estimate of drug-likeness (QED) is 0.789. The van der Waals surface area contributed by atoms with Crippen LogP contribution < -0.4 is 10.6 Å². The average Bonchev–Trinajstić information content (AvgIpc) is 2.43. The zero-order chi connectivity index (χ0) is 15.1. The van der Waals surface area contributed by atoms with Crippen LogP contribution in [0.1, 0.15) is 26.2 Å². The maximum absolute atomic E-state index is 13.3. The average molecular weight is 288 g/mol. The molecule has 0 atom stereocenters. The summed E-state index contributed by atoms with van der Waals surface area (Å²) in [5, 5.41) is 4.40. The van der Waals surface area contributed by atoms with Gasteiger partial charge in [0.05, 0.1) is 12.2 Å². The Hall–Kier alpha value is -2.05. The molecule has 0 spiro atoms. The van der Waals surface area contributed by atoms with Crippen LogP contribution in [0.4, 0.5) is 18.9 Å². The molecule has 0 bridgehead atoms. The van der Waals surface area contributed by atoms with Gasteiger partial charge >= 0.3 is 0 Å². The van der Waals surface area contributed by atoms with Crippen molar-refractivity contribution in [2.24, 2.45) is 0 Å². The summed E-state index contributed by atoms with van der Waals surface area (Å²) < 4.78 is 38.9. The van der Waals surface area contributed by atoms with E-state index in [1.165, 1.54) is 0 Å². The molecule has 0 radical (unpaired) electrons. The minimum absolute atomic E-state index is 0.295. The van der Waals surface area contributed by atoms with Crippen LogP contribution in [0.3, 0.4) is 0 Å². The van der Waals surface area contributed by atoms with E-state index < -0.39 is 29.0 Å². The molecule has 4 nitrogen and oxygen atoms in total. The van der Waals surface area contributed by atoms with E-state index in [0.717, 1.165) is 12.5 Å². The van der Waals surface area contributed by atoms with Gasteiger partial charge in [0, 0.05) is 6.42 Å². The van der Waals surface area contributed by atoms with Gasteiger partial charge in [-0.25, -0.2) is 13.2 Å². The van der Waals surface area contributed by atoms with Crippen molar-refractivity contribution < 1.29 is 22.8 Å². The van der Waals surface area contributed by atoms with Crippen LogP contribution in [0, 0.1) is 17.5 Å². The van der Waals surface area contributed by atoms with E-state index in [4.69, 9.17) is 0 Å². The fourth-order valence-electron chi connectivity index (χ4n) is 1.42.